The van der Waals surface area contributed by atoms with Gasteiger partial charge >= 0.3 is 0 Å². The molecule has 0 spiro atoms. The van der Waals surface area contributed by atoms with Crippen molar-refractivity contribution in [1.82, 2.24) is 4.90 Å². The van der Waals surface area contributed by atoms with Gasteiger partial charge in [-0.25, -0.2) is 8.42 Å². The number of rotatable bonds is 7. The average molecular weight is 338 g/mol. The van der Waals surface area contributed by atoms with Crippen molar-refractivity contribution in [2.24, 2.45) is 5.73 Å². The van der Waals surface area contributed by atoms with Gasteiger partial charge in [0.1, 0.15) is 5.75 Å². The number of nitrogens with zero attached hydrogens (tertiary/aromatic N) is 1. The monoisotopic (exact) mass is 338 g/mol. The summed E-state index contributed by atoms with van der Waals surface area (Å²) in [5.74, 6) is -0.558. The SMILES string of the molecule is CCCCCS(=O)(=O)CC(=O)N1C[C@@H](N)[C@H](c2ccccc2)C1. The molecule has 1 fully saturated rings. The molecule has 0 saturated carbocycles. The van der Waals surface area contributed by atoms with Crippen LogP contribution in [0.15, 0.2) is 30.3 Å². The standard InChI is InChI=1S/C17H26N2O3S/c1-2-3-7-10-23(21,22)13-17(20)19-11-15(16(18)12-19)14-8-5-4-6-9-14/h4-6,8-9,15-16H,2-3,7,10-13,18H2,1H3/t15-,16+/m0/s1. The minimum atomic E-state index is -3.32. The normalized spacial score (nSPS) is 21.6. The van der Waals surface area contributed by atoms with Crippen LogP contribution in [0, 0.1) is 0 Å². The number of benzene rings is 1. The van der Waals surface area contributed by atoms with Gasteiger partial charge in [0.15, 0.2) is 9.84 Å². The maximum Gasteiger partial charge on any atom is 0.237 e. The second-order valence-electron chi connectivity index (χ2n) is 6.28. The van der Waals surface area contributed by atoms with Crippen LogP contribution in [-0.2, 0) is 14.6 Å². The Hall–Kier alpha value is -1.40. The Balaban J connectivity index is 1.94. The minimum absolute atomic E-state index is 0.0722. The van der Waals surface area contributed by atoms with E-state index in [9.17, 15) is 13.2 Å². The quantitative estimate of drug-likeness (QED) is 0.765. The van der Waals surface area contributed by atoms with E-state index in [0.717, 1.165) is 18.4 Å². The van der Waals surface area contributed by atoms with Crippen molar-refractivity contribution >= 4 is 15.7 Å². The third-order valence-electron chi connectivity index (χ3n) is 4.35. The highest BCUT2D eigenvalue weighted by molar-refractivity contribution is 7.92. The number of sulfone groups is 1. The number of unbranched alkanes of at least 4 members (excludes halogenated alkanes) is 2. The smallest absolute Gasteiger partial charge is 0.237 e. The molecule has 23 heavy (non-hydrogen) atoms. The summed E-state index contributed by atoms with van der Waals surface area (Å²) >= 11 is 0. The van der Waals surface area contributed by atoms with Gasteiger partial charge in [-0.1, -0.05) is 50.1 Å². The molecule has 128 valence electrons. The Labute approximate surface area is 138 Å². The number of carbonyl (C=O) groups is 1. The summed E-state index contributed by atoms with van der Waals surface area (Å²) in [6, 6.07) is 9.69. The number of hydrogen-bond donors (Lipinski definition) is 1. The highest BCUT2D eigenvalue weighted by atomic mass is 32.2. The van der Waals surface area contributed by atoms with E-state index in [4.69, 9.17) is 5.73 Å². The lowest BCUT2D eigenvalue weighted by Crippen LogP contribution is -2.36. The zero-order valence-electron chi connectivity index (χ0n) is 13.6. The van der Waals surface area contributed by atoms with Gasteiger partial charge in [-0.15, -0.1) is 0 Å². The van der Waals surface area contributed by atoms with E-state index in [-0.39, 0.29) is 23.6 Å². The number of likely N-dealkylation sites (tertiary alicyclic amines) is 1. The summed E-state index contributed by atoms with van der Waals surface area (Å²) in [4.78, 5) is 13.9. The summed E-state index contributed by atoms with van der Waals surface area (Å²) < 4.78 is 24.1. The molecule has 0 aromatic heterocycles. The third kappa shape index (κ3) is 5.04. The highest BCUT2D eigenvalue weighted by Crippen LogP contribution is 2.26. The molecule has 2 rings (SSSR count). The minimum Gasteiger partial charge on any atom is -0.340 e. The topological polar surface area (TPSA) is 80.5 Å². The van der Waals surface area contributed by atoms with Crippen molar-refractivity contribution in [3.05, 3.63) is 35.9 Å². The first-order valence-corrected chi connectivity index (χ1v) is 10.0. The molecule has 5 nitrogen and oxygen atoms in total. The van der Waals surface area contributed by atoms with Crippen LogP contribution in [-0.4, -0.2) is 49.9 Å². The van der Waals surface area contributed by atoms with Gasteiger partial charge in [0.25, 0.3) is 0 Å². The molecule has 1 aliphatic rings. The van der Waals surface area contributed by atoms with Gasteiger partial charge in [-0.3, -0.25) is 4.79 Å². The van der Waals surface area contributed by atoms with E-state index in [1.807, 2.05) is 37.3 Å². The molecular formula is C17H26N2O3S. The number of hydrogen-bond acceptors (Lipinski definition) is 4. The molecular weight excluding hydrogens is 312 g/mol. The zero-order chi connectivity index (χ0) is 16.9. The fraction of sp³-hybridized carbons (Fsp3) is 0.588. The maximum atomic E-state index is 12.3. The van der Waals surface area contributed by atoms with E-state index in [2.05, 4.69) is 0 Å². The fourth-order valence-electron chi connectivity index (χ4n) is 3.01. The van der Waals surface area contributed by atoms with Crippen molar-refractivity contribution in [3.63, 3.8) is 0 Å². The lowest BCUT2D eigenvalue weighted by molar-refractivity contribution is -0.127. The molecule has 1 amide bonds. The molecule has 1 heterocycles. The second-order valence-corrected chi connectivity index (χ2v) is 8.46. The van der Waals surface area contributed by atoms with E-state index < -0.39 is 15.6 Å². The van der Waals surface area contributed by atoms with Gasteiger partial charge in [0.05, 0.1) is 5.75 Å². The van der Waals surface area contributed by atoms with Crippen LogP contribution < -0.4 is 5.73 Å². The second kappa shape index (κ2) is 7.93. The van der Waals surface area contributed by atoms with E-state index in [1.54, 1.807) is 4.90 Å². The molecule has 0 aliphatic carbocycles. The molecule has 1 saturated heterocycles. The number of amides is 1. The predicted octanol–water partition coefficient (Wildman–Crippen LogP) is 1.54. The Kier molecular flexibility index (Phi) is 6.18. The number of nitrogens with two attached hydrogens (primary N) is 1. The van der Waals surface area contributed by atoms with E-state index in [0.29, 0.717) is 19.5 Å². The van der Waals surface area contributed by atoms with Crippen molar-refractivity contribution in [1.29, 1.82) is 0 Å². The molecule has 6 heteroatoms. The van der Waals surface area contributed by atoms with Crippen LogP contribution in [0.5, 0.6) is 0 Å². The molecule has 1 aromatic carbocycles. The van der Waals surface area contributed by atoms with Crippen LogP contribution in [0.25, 0.3) is 0 Å². The Morgan fingerprint density at radius 1 is 1.22 bits per heavy atom. The van der Waals surface area contributed by atoms with Crippen molar-refractivity contribution in [2.45, 2.75) is 38.1 Å². The van der Waals surface area contributed by atoms with Crippen molar-refractivity contribution in [3.8, 4) is 0 Å². The van der Waals surface area contributed by atoms with Crippen LogP contribution in [0.2, 0.25) is 0 Å². The van der Waals surface area contributed by atoms with Crippen molar-refractivity contribution in [2.75, 3.05) is 24.6 Å². The van der Waals surface area contributed by atoms with Gasteiger partial charge in [-0.05, 0) is 12.0 Å². The van der Waals surface area contributed by atoms with E-state index >= 15 is 0 Å². The summed E-state index contributed by atoms with van der Waals surface area (Å²) in [5.41, 5.74) is 7.26. The molecule has 0 unspecified atom stereocenters. The average Bonchev–Trinajstić information content (AvgIpc) is 2.90. The van der Waals surface area contributed by atoms with Gasteiger partial charge in [-0.2, -0.15) is 0 Å². The fourth-order valence-corrected chi connectivity index (χ4v) is 4.36. The van der Waals surface area contributed by atoms with Crippen LogP contribution in [0.4, 0.5) is 0 Å². The first kappa shape index (κ1) is 17.9. The molecule has 1 aromatic rings. The molecule has 1 aliphatic heterocycles. The van der Waals surface area contributed by atoms with Crippen LogP contribution >= 0.6 is 0 Å². The molecule has 2 atom stereocenters. The summed E-state index contributed by atoms with van der Waals surface area (Å²) in [6.45, 7) is 2.94. The first-order valence-electron chi connectivity index (χ1n) is 8.21. The van der Waals surface area contributed by atoms with Crippen LogP contribution in [0.1, 0.15) is 37.7 Å². The molecule has 0 radical (unpaired) electrons. The lowest BCUT2D eigenvalue weighted by atomic mass is 9.95. The molecule has 0 bridgehead atoms. The van der Waals surface area contributed by atoms with E-state index in [1.165, 1.54) is 0 Å². The Morgan fingerprint density at radius 3 is 2.57 bits per heavy atom. The van der Waals surface area contributed by atoms with Crippen LogP contribution in [0.3, 0.4) is 0 Å². The third-order valence-corrected chi connectivity index (χ3v) is 5.95. The first-order chi connectivity index (χ1) is 10.9. The van der Waals surface area contributed by atoms with Gasteiger partial charge in [0, 0.05) is 25.0 Å². The predicted molar refractivity (Wildman–Crippen MR) is 91.9 cm³/mol. The Morgan fingerprint density at radius 2 is 1.91 bits per heavy atom. The zero-order valence-corrected chi connectivity index (χ0v) is 14.5. The van der Waals surface area contributed by atoms with Gasteiger partial charge < -0.3 is 10.6 Å². The molecule has 2 N–H and O–H groups in total. The summed E-state index contributed by atoms with van der Waals surface area (Å²) in [6.07, 6.45) is 2.46. The Bertz CT molecular complexity index is 616. The lowest BCUT2D eigenvalue weighted by Gasteiger charge is -2.16. The number of carbonyl (C=O) groups excluding carboxylic acids is 1. The van der Waals surface area contributed by atoms with Crippen molar-refractivity contribution < 1.29 is 13.2 Å². The summed E-state index contributed by atoms with van der Waals surface area (Å²) in [5, 5.41) is 0. The summed E-state index contributed by atoms with van der Waals surface area (Å²) in [7, 11) is -3.32. The largest absolute Gasteiger partial charge is 0.340 e. The van der Waals surface area contributed by atoms with Gasteiger partial charge in [0.2, 0.25) is 5.91 Å². The maximum absolute atomic E-state index is 12.3. The highest BCUT2D eigenvalue weighted by Gasteiger charge is 2.35.